The number of aromatic nitrogens is 1. The number of benzene rings is 1. The van der Waals surface area contributed by atoms with Crippen LogP contribution in [0.1, 0.15) is 25.7 Å². The van der Waals surface area contributed by atoms with E-state index in [1.54, 1.807) is 25.6 Å². The summed E-state index contributed by atoms with van der Waals surface area (Å²) in [7, 11) is 3.35. The van der Waals surface area contributed by atoms with Crippen LogP contribution in [0.5, 0.6) is 5.75 Å². The van der Waals surface area contributed by atoms with E-state index in [4.69, 9.17) is 14.5 Å². The molecule has 0 bridgehead atoms. The number of carbonyl (C=O) groups excluding carboxylic acids is 1. The molecular weight excluding hydrogens is 374 g/mol. The first-order valence-electron chi connectivity index (χ1n) is 9.77. The van der Waals surface area contributed by atoms with Crippen molar-refractivity contribution in [3.05, 3.63) is 29.6 Å². The molecule has 0 radical (unpaired) electrons. The number of ether oxygens (including phenoxy) is 2. The van der Waals surface area contributed by atoms with Crippen molar-refractivity contribution in [1.82, 2.24) is 9.88 Å². The molecule has 1 aromatic heterocycles. The Morgan fingerprint density at radius 2 is 2.04 bits per heavy atom. The predicted octanol–water partition coefficient (Wildman–Crippen LogP) is 3.89. The first-order valence-corrected chi connectivity index (χ1v) is 10.6. The van der Waals surface area contributed by atoms with Crippen LogP contribution in [0.3, 0.4) is 0 Å². The summed E-state index contributed by atoms with van der Waals surface area (Å²) in [6, 6.07) is 8.40. The molecule has 6 nitrogen and oxygen atoms in total. The van der Waals surface area contributed by atoms with Crippen LogP contribution >= 0.6 is 11.3 Å². The summed E-state index contributed by atoms with van der Waals surface area (Å²) >= 11 is 1.64. The van der Waals surface area contributed by atoms with Gasteiger partial charge in [0.15, 0.2) is 5.13 Å². The van der Waals surface area contributed by atoms with E-state index in [-0.39, 0.29) is 0 Å². The van der Waals surface area contributed by atoms with Crippen molar-refractivity contribution in [2.75, 3.05) is 39.2 Å². The Morgan fingerprint density at radius 1 is 1.25 bits per heavy atom. The van der Waals surface area contributed by atoms with Crippen LogP contribution in [-0.2, 0) is 9.53 Å². The molecule has 7 heteroatoms. The summed E-state index contributed by atoms with van der Waals surface area (Å²) in [4.78, 5) is 17.8. The molecule has 1 aromatic carbocycles. The number of methoxy groups -OCH3 is 2. The Hall–Kier alpha value is -2.12. The van der Waals surface area contributed by atoms with E-state index >= 15 is 0 Å². The maximum atomic E-state index is 11.2. The number of carbonyl (C=O) groups is 1. The van der Waals surface area contributed by atoms with Crippen molar-refractivity contribution in [2.45, 2.75) is 31.7 Å². The zero-order chi connectivity index (χ0) is 19.8. The normalized spacial score (nSPS) is 19.2. The third kappa shape index (κ3) is 5.45. The first kappa shape index (κ1) is 20.6. The smallest absolute Gasteiger partial charge is 0.209 e. The lowest BCUT2D eigenvalue weighted by atomic mass is 9.86. The first-order chi connectivity index (χ1) is 13.7. The van der Waals surface area contributed by atoms with Gasteiger partial charge in [0.2, 0.25) is 6.41 Å². The number of rotatable bonds is 10. The average Bonchev–Trinajstić information content (AvgIpc) is 3.20. The summed E-state index contributed by atoms with van der Waals surface area (Å²) in [5.41, 5.74) is 1.96. The van der Waals surface area contributed by atoms with Crippen LogP contribution < -0.4 is 10.1 Å². The lowest BCUT2D eigenvalue weighted by Gasteiger charge is -2.31. The second kappa shape index (κ2) is 10.4. The predicted molar refractivity (Wildman–Crippen MR) is 113 cm³/mol. The Balaban J connectivity index is 1.50. The zero-order valence-electron chi connectivity index (χ0n) is 16.6. The fourth-order valence-corrected chi connectivity index (χ4v) is 4.50. The molecule has 0 unspecified atom stereocenters. The minimum atomic E-state index is 0.441. The van der Waals surface area contributed by atoms with Gasteiger partial charge in [-0.2, -0.15) is 0 Å². The molecule has 0 atom stereocenters. The Kier molecular flexibility index (Phi) is 7.68. The minimum Gasteiger partial charge on any atom is -0.496 e. The monoisotopic (exact) mass is 403 g/mol. The molecule has 0 spiro atoms. The molecule has 1 aliphatic carbocycles. The van der Waals surface area contributed by atoms with Crippen molar-refractivity contribution in [3.8, 4) is 17.0 Å². The van der Waals surface area contributed by atoms with Gasteiger partial charge < -0.3 is 19.7 Å². The summed E-state index contributed by atoms with van der Waals surface area (Å²) in [6.45, 7) is 2.09. The van der Waals surface area contributed by atoms with Crippen molar-refractivity contribution in [2.24, 2.45) is 5.92 Å². The fraction of sp³-hybridized carbons (Fsp3) is 0.524. The highest BCUT2D eigenvalue weighted by atomic mass is 32.1. The molecule has 152 valence electrons. The van der Waals surface area contributed by atoms with E-state index in [0.717, 1.165) is 60.8 Å². The van der Waals surface area contributed by atoms with Crippen molar-refractivity contribution in [1.29, 1.82) is 0 Å². The van der Waals surface area contributed by atoms with Crippen LogP contribution in [0.2, 0.25) is 0 Å². The van der Waals surface area contributed by atoms with Crippen LogP contribution in [0, 0.1) is 5.92 Å². The van der Waals surface area contributed by atoms with E-state index in [0.29, 0.717) is 25.1 Å². The topological polar surface area (TPSA) is 63.7 Å². The third-order valence-electron chi connectivity index (χ3n) is 5.29. The van der Waals surface area contributed by atoms with Gasteiger partial charge in [0.25, 0.3) is 0 Å². The molecule has 0 aliphatic heterocycles. The number of hydrogen-bond acceptors (Lipinski definition) is 6. The van der Waals surface area contributed by atoms with E-state index in [9.17, 15) is 4.79 Å². The van der Waals surface area contributed by atoms with Gasteiger partial charge in [-0.25, -0.2) is 4.98 Å². The van der Waals surface area contributed by atoms with Crippen LogP contribution in [0.4, 0.5) is 5.13 Å². The van der Waals surface area contributed by atoms with E-state index < -0.39 is 0 Å². The molecule has 1 fully saturated rings. The maximum absolute atomic E-state index is 11.2. The number of nitrogens with one attached hydrogen (secondary N) is 1. The van der Waals surface area contributed by atoms with Gasteiger partial charge in [-0.05, 0) is 43.7 Å². The van der Waals surface area contributed by atoms with Gasteiger partial charge in [0, 0.05) is 37.2 Å². The van der Waals surface area contributed by atoms with Crippen molar-refractivity contribution >= 4 is 22.9 Å². The average molecular weight is 404 g/mol. The van der Waals surface area contributed by atoms with Crippen molar-refractivity contribution < 1.29 is 14.3 Å². The highest BCUT2D eigenvalue weighted by molar-refractivity contribution is 7.14. The van der Waals surface area contributed by atoms with E-state index in [2.05, 4.69) is 10.7 Å². The van der Waals surface area contributed by atoms with Gasteiger partial charge in [0.05, 0.1) is 19.4 Å². The quantitative estimate of drug-likeness (QED) is 0.610. The second-order valence-electron chi connectivity index (χ2n) is 7.19. The van der Waals surface area contributed by atoms with E-state index in [1.807, 2.05) is 29.2 Å². The zero-order valence-corrected chi connectivity index (χ0v) is 17.4. The lowest BCUT2D eigenvalue weighted by molar-refractivity contribution is -0.119. The van der Waals surface area contributed by atoms with Crippen LogP contribution in [0.25, 0.3) is 11.3 Å². The van der Waals surface area contributed by atoms with Gasteiger partial charge in [-0.15, -0.1) is 11.3 Å². The summed E-state index contributed by atoms with van der Waals surface area (Å²) < 4.78 is 10.5. The molecule has 1 amide bonds. The highest BCUT2D eigenvalue weighted by Crippen LogP contribution is 2.33. The largest absolute Gasteiger partial charge is 0.496 e. The summed E-state index contributed by atoms with van der Waals surface area (Å²) in [6.07, 6.45) is 5.40. The van der Waals surface area contributed by atoms with Gasteiger partial charge >= 0.3 is 0 Å². The minimum absolute atomic E-state index is 0.441. The molecular formula is C21H29N3O3S. The molecule has 1 heterocycles. The number of amides is 1. The van der Waals surface area contributed by atoms with Crippen LogP contribution in [0.15, 0.2) is 29.6 Å². The standard InChI is InChI=1S/C21H29N3O3S/c1-26-12-11-24(15-25)13-16-7-9-17(10-8-16)22-21-23-19(14-28-21)18-5-3-4-6-20(18)27-2/h3-6,14-17H,7-13H2,1-2H3,(H,22,23)/t16-,17-. The number of anilines is 1. The molecule has 1 N–H and O–H groups in total. The summed E-state index contributed by atoms with van der Waals surface area (Å²) in [5.74, 6) is 1.41. The second-order valence-corrected chi connectivity index (χ2v) is 8.05. The van der Waals surface area contributed by atoms with Gasteiger partial charge in [-0.1, -0.05) is 12.1 Å². The molecule has 28 heavy (non-hydrogen) atoms. The highest BCUT2D eigenvalue weighted by Gasteiger charge is 2.23. The third-order valence-corrected chi connectivity index (χ3v) is 6.06. The molecule has 1 aliphatic rings. The number of para-hydroxylation sites is 1. The Bertz CT molecular complexity index is 744. The van der Waals surface area contributed by atoms with Gasteiger partial charge in [0.1, 0.15) is 5.75 Å². The number of hydrogen-bond donors (Lipinski definition) is 1. The SMILES string of the molecule is COCCN(C=O)C[C@H]1CC[C@H](Nc2nc(-c3ccccc3OC)cs2)CC1. The molecule has 1 saturated carbocycles. The molecule has 2 aromatic rings. The Labute approximate surface area is 170 Å². The van der Waals surface area contributed by atoms with Crippen LogP contribution in [-0.4, -0.2) is 56.3 Å². The molecule has 3 rings (SSSR count). The Morgan fingerprint density at radius 3 is 2.75 bits per heavy atom. The lowest BCUT2D eigenvalue weighted by Crippen LogP contribution is -2.35. The number of nitrogens with zero attached hydrogens (tertiary/aromatic N) is 2. The molecule has 0 saturated heterocycles. The van der Waals surface area contributed by atoms with Gasteiger partial charge in [-0.3, -0.25) is 4.79 Å². The summed E-state index contributed by atoms with van der Waals surface area (Å²) in [5, 5.41) is 6.62. The van der Waals surface area contributed by atoms with Crippen molar-refractivity contribution in [3.63, 3.8) is 0 Å². The number of thiazole rings is 1. The van der Waals surface area contributed by atoms with E-state index in [1.165, 1.54) is 0 Å². The maximum Gasteiger partial charge on any atom is 0.209 e. The fourth-order valence-electron chi connectivity index (χ4n) is 3.71.